The van der Waals surface area contributed by atoms with Crippen molar-refractivity contribution in [3.8, 4) is 0 Å². The third-order valence-electron chi connectivity index (χ3n) is 4.71. The second-order valence-electron chi connectivity index (χ2n) is 6.68. The maximum atomic E-state index is 12.5. The Kier molecular flexibility index (Phi) is 4.05. The number of hydrogen-bond donors (Lipinski definition) is 2. The fourth-order valence-corrected chi connectivity index (χ4v) is 3.34. The van der Waals surface area contributed by atoms with E-state index >= 15 is 0 Å². The summed E-state index contributed by atoms with van der Waals surface area (Å²) in [4.78, 5) is 15.8. The molecule has 0 bridgehead atoms. The maximum absolute atomic E-state index is 12.5. The lowest BCUT2D eigenvalue weighted by Crippen LogP contribution is -2.23. The van der Waals surface area contributed by atoms with Crippen LogP contribution in [0.2, 0.25) is 0 Å². The van der Waals surface area contributed by atoms with Gasteiger partial charge in [0.2, 0.25) is 0 Å². The molecule has 0 spiro atoms. The van der Waals surface area contributed by atoms with Crippen LogP contribution in [0.1, 0.15) is 39.8 Å². The topological polar surface area (TPSA) is 71.9 Å². The summed E-state index contributed by atoms with van der Waals surface area (Å²) in [5, 5.41) is 8.64. The van der Waals surface area contributed by atoms with Crippen LogP contribution in [-0.4, -0.2) is 33.9 Å². The summed E-state index contributed by atoms with van der Waals surface area (Å²) in [6.07, 6.45) is 2.78. The van der Waals surface area contributed by atoms with Crippen molar-refractivity contribution in [1.29, 1.82) is 0 Å². The quantitative estimate of drug-likeness (QED) is 0.768. The van der Waals surface area contributed by atoms with Crippen molar-refractivity contribution in [2.75, 3.05) is 13.2 Å². The van der Waals surface area contributed by atoms with Gasteiger partial charge in [0.1, 0.15) is 0 Å². The maximum Gasteiger partial charge on any atom is 0.255 e. The van der Waals surface area contributed by atoms with E-state index in [1.54, 1.807) is 0 Å². The molecule has 0 aliphatic carbocycles. The summed E-state index contributed by atoms with van der Waals surface area (Å²) in [5.74, 6) is -0.0898. The highest BCUT2D eigenvalue weighted by Crippen LogP contribution is 2.20. The van der Waals surface area contributed by atoms with Crippen LogP contribution in [0.3, 0.4) is 0 Å². The Balaban J connectivity index is 1.45. The number of nitrogens with zero attached hydrogens (tertiary/aromatic N) is 2. The van der Waals surface area contributed by atoms with Gasteiger partial charge in [-0.15, -0.1) is 0 Å². The van der Waals surface area contributed by atoms with Crippen LogP contribution >= 0.6 is 0 Å². The average Bonchev–Trinajstić information content (AvgIpc) is 3.30. The summed E-state index contributed by atoms with van der Waals surface area (Å²) >= 11 is 0. The molecule has 1 amide bonds. The van der Waals surface area contributed by atoms with E-state index in [-0.39, 0.29) is 11.9 Å². The van der Waals surface area contributed by atoms with Gasteiger partial charge in [0.05, 0.1) is 23.9 Å². The molecule has 1 atom stereocenters. The number of ether oxygens (including phenoxy) is 1. The highest BCUT2D eigenvalue weighted by molar-refractivity contribution is 5.95. The van der Waals surface area contributed by atoms with E-state index in [4.69, 9.17) is 4.74 Å². The smallest absolute Gasteiger partial charge is 0.255 e. The van der Waals surface area contributed by atoms with Crippen LogP contribution in [0, 0.1) is 13.8 Å². The zero-order valence-corrected chi connectivity index (χ0v) is 14.5. The van der Waals surface area contributed by atoms with Crippen molar-refractivity contribution in [3.05, 3.63) is 53.0 Å². The molecule has 1 saturated heterocycles. The summed E-state index contributed by atoms with van der Waals surface area (Å²) in [6.45, 7) is 5.83. The molecule has 4 rings (SSSR count). The molecule has 6 heteroatoms. The van der Waals surface area contributed by atoms with Crippen molar-refractivity contribution in [3.63, 3.8) is 0 Å². The van der Waals surface area contributed by atoms with Crippen molar-refractivity contribution < 1.29 is 9.53 Å². The highest BCUT2D eigenvalue weighted by atomic mass is 16.5. The molecule has 0 saturated carbocycles. The molecule has 0 radical (unpaired) electrons. The Bertz CT molecular complexity index is 919. The molecule has 1 aliphatic rings. The SMILES string of the molecule is Cc1cc2cc(CNC(=O)c3cn([C@H]4CCOC4)nc3C)ccc2[nH]1. The average molecular weight is 338 g/mol. The van der Waals surface area contributed by atoms with E-state index in [1.165, 1.54) is 0 Å². The summed E-state index contributed by atoms with van der Waals surface area (Å²) in [5.41, 5.74) is 4.71. The van der Waals surface area contributed by atoms with Gasteiger partial charge in [0, 0.05) is 30.6 Å². The van der Waals surface area contributed by atoms with Gasteiger partial charge < -0.3 is 15.0 Å². The van der Waals surface area contributed by atoms with Gasteiger partial charge in [-0.2, -0.15) is 5.10 Å². The Morgan fingerprint density at radius 3 is 3.08 bits per heavy atom. The number of rotatable bonds is 4. The number of carbonyl (C=O) groups excluding carboxylic acids is 1. The molecular formula is C19H22N4O2. The number of aryl methyl sites for hydroxylation is 2. The largest absolute Gasteiger partial charge is 0.379 e. The molecular weight excluding hydrogens is 316 g/mol. The Morgan fingerprint density at radius 1 is 1.40 bits per heavy atom. The number of H-pyrrole nitrogens is 1. The van der Waals surface area contributed by atoms with Gasteiger partial charge in [0.25, 0.3) is 5.91 Å². The van der Waals surface area contributed by atoms with Gasteiger partial charge in [-0.05, 0) is 49.4 Å². The van der Waals surface area contributed by atoms with Gasteiger partial charge in [0.15, 0.2) is 0 Å². The lowest BCUT2D eigenvalue weighted by Gasteiger charge is -2.07. The fourth-order valence-electron chi connectivity index (χ4n) is 3.34. The molecule has 0 unspecified atom stereocenters. The third kappa shape index (κ3) is 3.17. The van der Waals surface area contributed by atoms with E-state index in [9.17, 15) is 4.79 Å². The van der Waals surface area contributed by atoms with Crippen molar-refractivity contribution >= 4 is 16.8 Å². The number of nitrogens with one attached hydrogen (secondary N) is 2. The molecule has 6 nitrogen and oxygen atoms in total. The second kappa shape index (κ2) is 6.37. The minimum Gasteiger partial charge on any atom is -0.379 e. The molecule has 1 fully saturated rings. The zero-order chi connectivity index (χ0) is 17.4. The van der Waals surface area contributed by atoms with E-state index in [2.05, 4.69) is 27.5 Å². The number of hydrogen-bond acceptors (Lipinski definition) is 3. The molecule has 1 aromatic carbocycles. The molecule has 3 aromatic rings. The molecule has 1 aliphatic heterocycles. The van der Waals surface area contributed by atoms with Crippen LogP contribution < -0.4 is 5.32 Å². The van der Waals surface area contributed by atoms with Crippen molar-refractivity contribution in [2.24, 2.45) is 0 Å². The van der Waals surface area contributed by atoms with Crippen LogP contribution in [0.4, 0.5) is 0 Å². The first-order valence-electron chi connectivity index (χ1n) is 8.60. The monoisotopic (exact) mass is 338 g/mol. The normalized spacial score (nSPS) is 17.3. The predicted octanol–water partition coefficient (Wildman–Crippen LogP) is 2.87. The van der Waals surface area contributed by atoms with E-state index < -0.39 is 0 Å². The summed E-state index contributed by atoms with van der Waals surface area (Å²) < 4.78 is 7.27. The zero-order valence-electron chi connectivity index (χ0n) is 14.5. The van der Waals surface area contributed by atoms with Gasteiger partial charge in [-0.1, -0.05) is 6.07 Å². The van der Waals surface area contributed by atoms with Gasteiger partial charge >= 0.3 is 0 Å². The minimum atomic E-state index is -0.0898. The highest BCUT2D eigenvalue weighted by Gasteiger charge is 2.21. The van der Waals surface area contributed by atoms with Crippen LogP contribution in [0.5, 0.6) is 0 Å². The van der Waals surface area contributed by atoms with E-state index in [0.717, 1.165) is 40.9 Å². The Labute approximate surface area is 146 Å². The second-order valence-corrected chi connectivity index (χ2v) is 6.68. The Morgan fingerprint density at radius 2 is 2.28 bits per heavy atom. The predicted molar refractivity (Wildman–Crippen MR) is 95.6 cm³/mol. The first-order chi connectivity index (χ1) is 12.1. The number of amides is 1. The molecule has 3 heterocycles. The fraction of sp³-hybridized carbons (Fsp3) is 0.368. The third-order valence-corrected chi connectivity index (χ3v) is 4.71. The van der Waals surface area contributed by atoms with E-state index in [0.29, 0.717) is 18.7 Å². The van der Waals surface area contributed by atoms with Gasteiger partial charge in [-0.3, -0.25) is 9.48 Å². The summed E-state index contributed by atoms with van der Waals surface area (Å²) in [7, 11) is 0. The molecule has 2 N–H and O–H groups in total. The first kappa shape index (κ1) is 15.9. The van der Waals surface area contributed by atoms with Gasteiger partial charge in [-0.25, -0.2) is 0 Å². The number of benzene rings is 1. The number of aromatic nitrogens is 3. The first-order valence-corrected chi connectivity index (χ1v) is 8.60. The van der Waals surface area contributed by atoms with Crippen molar-refractivity contribution in [2.45, 2.75) is 32.9 Å². The number of aromatic amines is 1. The lowest BCUT2D eigenvalue weighted by molar-refractivity contribution is 0.0950. The molecule has 25 heavy (non-hydrogen) atoms. The standard InChI is InChI=1S/C19H22N4O2/c1-12-7-15-8-14(3-4-18(15)21-12)9-20-19(24)17-10-23(22-13(17)2)16-5-6-25-11-16/h3-4,7-8,10,16,21H,5-6,9,11H2,1-2H3,(H,20,24)/t16-/m0/s1. The van der Waals surface area contributed by atoms with Crippen molar-refractivity contribution in [1.82, 2.24) is 20.1 Å². The number of fused-ring (bicyclic) bond motifs is 1. The molecule has 130 valence electrons. The minimum absolute atomic E-state index is 0.0898. The molecule has 2 aromatic heterocycles. The van der Waals surface area contributed by atoms with Crippen LogP contribution in [0.15, 0.2) is 30.5 Å². The van der Waals surface area contributed by atoms with E-state index in [1.807, 2.05) is 36.9 Å². The van der Waals surface area contributed by atoms with Crippen LogP contribution in [-0.2, 0) is 11.3 Å². The summed E-state index contributed by atoms with van der Waals surface area (Å²) in [6, 6.07) is 8.53. The number of carbonyl (C=O) groups is 1. The van der Waals surface area contributed by atoms with Crippen LogP contribution in [0.25, 0.3) is 10.9 Å². The Hall–Kier alpha value is -2.60. The lowest BCUT2D eigenvalue weighted by atomic mass is 10.1.